The summed E-state index contributed by atoms with van der Waals surface area (Å²) in [5, 5.41) is 12.7. The number of hydrogen-bond acceptors (Lipinski definition) is 3. The van der Waals surface area contributed by atoms with Gasteiger partial charge in [-0.2, -0.15) is 0 Å². The Morgan fingerprint density at radius 1 is 1.40 bits per heavy atom. The van der Waals surface area contributed by atoms with E-state index in [0.717, 1.165) is 19.4 Å². The zero-order valence-corrected chi connectivity index (χ0v) is 13.5. The van der Waals surface area contributed by atoms with E-state index in [2.05, 4.69) is 40.2 Å². The Bertz CT molecular complexity index is 497. The summed E-state index contributed by atoms with van der Waals surface area (Å²) in [5.74, 6) is -0.912. The van der Waals surface area contributed by atoms with Gasteiger partial charge in [-0.25, -0.2) is 4.79 Å². The molecule has 1 saturated carbocycles. The fraction of sp³-hybridized carbons (Fsp3) is 0.533. The Labute approximate surface area is 128 Å². The van der Waals surface area contributed by atoms with Crippen molar-refractivity contribution < 1.29 is 9.90 Å². The van der Waals surface area contributed by atoms with Crippen LogP contribution in [0.1, 0.15) is 36.0 Å². The van der Waals surface area contributed by atoms with Gasteiger partial charge in [0.05, 0.1) is 5.56 Å². The summed E-state index contributed by atoms with van der Waals surface area (Å²) in [7, 11) is 4.21. The van der Waals surface area contributed by atoms with Gasteiger partial charge in [-0.15, -0.1) is 0 Å². The topological polar surface area (TPSA) is 52.6 Å². The molecule has 0 bridgehead atoms. The molecule has 0 saturated heterocycles. The number of likely N-dealkylation sites (N-methyl/N-ethyl adjacent to an activating group) is 1. The molecule has 1 aliphatic carbocycles. The lowest BCUT2D eigenvalue weighted by Gasteiger charge is -2.37. The lowest BCUT2D eigenvalue weighted by molar-refractivity contribution is 0.0697. The molecule has 0 atom stereocenters. The highest BCUT2D eigenvalue weighted by atomic mass is 79.9. The number of nitrogens with zero attached hydrogens (tertiary/aromatic N) is 1. The van der Waals surface area contributed by atoms with Gasteiger partial charge in [-0.05, 0) is 55.0 Å². The van der Waals surface area contributed by atoms with Crippen LogP contribution in [0.3, 0.4) is 0 Å². The van der Waals surface area contributed by atoms with Crippen LogP contribution in [0, 0.1) is 0 Å². The van der Waals surface area contributed by atoms with Crippen LogP contribution in [0.25, 0.3) is 0 Å². The van der Waals surface area contributed by atoms with Crippen molar-refractivity contribution in [3.63, 3.8) is 0 Å². The molecule has 0 aromatic heterocycles. The van der Waals surface area contributed by atoms with Crippen molar-refractivity contribution in [1.29, 1.82) is 0 Å². The van der Waals surface area contributed by atoms with Gasteiger partial charge in [-0.3, -0.25) is 0 Å². The number of halogens is 1. The number of hydrogen-bond donors (Lipinski definition) is 2. The van der Waals surface area contributed by atoms with Gasteiger partial charge >= 0.3 is 5.97 Å². The highest BCUT2D eigenvalue weighted by Gasteiger charge is 2.35. The molecular weight excluding hydrogens is 320 g/mol. The van der Waals surface area contributed by atoms with Crippen LogP contribution < -0.4 is 5.32 Å². The molecule has 20 heavy (non-hydrogen) atoms. The predicted octanol–water partition coefficient (Wildman–Crippen LogP) is 3.43. The summed E-state index contributed by atoms with van der Waals surface area (Å²) in [6.45, 7) is 0.775. The molecule has 0 spiro atoms. The minimum Gasteiger partial charge on any atom is -0.478 e. The number of carbonyl (C=O) groups is 1. The van der Waals surface area contributed by atoms with E-state index in [4.69, 9.17) is 0 Å². The van der Waals surface area contributed by atoms with Crippen LogP contribution in [-0.4, -0.2) is 42.2 Å². The molecule has 0 heterocycles. The number of carboxylic acids is 1. The number of carboxylic acid groups (broad SMARTS) is 1. The Balaban J connectivity index is 2.19. The summed E-state index contributed by atoms with van der Waals surface area (Å²) in [5.41, 5.74) is 1.12. The normalized spacial score (nSPS) is 17.4. The van der Waals surface area contributed by atoms with E-state index >= 15 is 0 Å². The zero-order chi connectivity index (χ0) is 14.8. The Hall–Kier alpha value is -1.07. The molecule has 1 aliphatic rings. The van der Waals surface area contributed by atoms with Gasteiger partial charge in [0.15, 0.2) is 0 Å². The number of rotatable bonds is 5. The second kappa shape index (κ2) is 6.14. The second-order valence-corrected chi connectivity index (χ2v) is 6.50. The van der Waals surface area contributed by atoms with Crippen LogP contribution in [0.4, 0.5) is 5.69 Å². The number of nitrogens with one attached hydrogen (secondary N) is 1. The van der Waals surface area contributed by atoms with Crippen molar-refractivity contribution in [3.8, 4) is 0 Å². The van der Waals surface area contributed by atoms with Crippen molar-refractivity contribution in [3.05, 3.63) is 28.2 Å². The van der Waals surface area contributed by atoms with Crippen LogP contribution in [-0.2, 0) is 0 Å². The first kappa shape index (κ1) is 15.3. The maximum atomic E-state index is 11.4. The van der Waals surface area contributed by atoms with Gasteiger partial charge in [0, 0.05) is 22.2 Å². The molecule has 1 aromatic carbocycles. The SMILES string of the molecule is CN(C)C1(CNc2cccc(Br)c2C(=O)O)CCCC1. The molecule has 2 N–H and O–H groups in total. The molecule has 1 aromatic rings. The zero-order valence-electron chi connectivity index (χ0n) is 11.9. The smallest absolute Gasteiger partial charge is 0.338 e. The molecule has 0 radical (unpaired) electrons. The van der Waals surface area contributed by atoms with Gasteiger partial charge in [0.1, 0.15) is 0 Å². The van der Waals surface area contributed by atoms with Gasteiger partial charge in [0.2, 0.25) is 0 Å². The van der Waals surface area contributed by atoms with Crippen molar-refractivity contribution in [2.75, 3.05) is 26.0 Å². The second-order valence-electron chi connectivity index (χ2n) is 5.65. The van der Waals surface area contributed by atoms with Gasteiger partial charge in [0.25, 0.3) is 0 Å². The maximum absolute atomic E-state index is 11.4. The largest absolute Gasteiger partial charge is 0.478 e. The van der Waals surface area contributed by atoms with Crippen LogP contribution in [0.5, 0.6) is 0 Å². The fourth-order valence-electron chi connectivity index (χ4n) is 2.96. The van der Waals surface area contributed by atoms with E-state index in [1.54, 1.807) is 6.07 Å². The fourth-order valence-corrected chi connectivity index (χ4v) is 3.50. The average molecular weight is 341 g/mol. The number of benzene rings is 1. The van der Waals surface area contributed by atoms with E-state index in [1.807, 2.05) is 12.1 Å². The molecular formula is C15H21BrN2O2. The first-order chi connectivity index (χ1) is 9.46. The monoisotopic (exact) mass is 340 g/mol. The summed E-state index contributed by atoms with van der Waals surface area (Å²) in [6.07, 6.45) is 4.79. The number of aromatic carboxylic acids is 1. The highest BCUT2D eigenvalue weighted by Crippen LogP contribution is 2.34. The Kier molecular flexibility index (Phi) is 4.70. The summed E-state index contributed by atoms with van der Waals surface area (Å²) in [6, 6.07) is 5.44. The number of anilines is 1. The van der Waals surface area contributed by atoms with E-state index in [0.29, 0.717) is 15.7 Å². The Morgan fingerprint density at radius 3 is 2.60 bits per heavy atom. The molecule has 0 aliphatic heterocycles. The quantitative estimate of drug-likeness (QED) is 0.862. The van der Waals surface area contributed by atoms with Crippen molar-refractivity contribution in [2.45, 2.75) is 31.2 Å². The lowest BCUT2D eigenvalue weighted by Crippen LogP contribution is -2.47. The third-order valence-corrected chi connectivity index (χ3v) is 4.98. The predicted molar refractivity (Wildman–Crippen MR) is 84.5 cm³/mol. The standard InChI is InChI=1S/C15H21BrN2O2/c1-18(2)15(8-3-4-9-15)10-17-12-7-5-6-11(16)13(12)14(19)20/h5-7,17H,3-4,8-10H2,1-2H3,(H,19,20). The van der Waals surface area contributed by atoms with E-state index < -0.39 is 5.97 Å². The maximum Gasteiger partial charge on any atom is 0.338 e. The molecule has 2 rings (SSSR count). The van der Waals surface area contributed by atoms with Gasteiger partial charge in [-0.1, -0.05) is 18.9 Å². The molecule has 4 nitrogen and oxygen atoms in total. The van der Waals surface area contributed by atoms with Crippen molar-refractivity contribution in [2.24, 2.45) is 0 Å². The molecule has 110 valence electrons. The van der Waals surface area contributed by atoms with Crippen LogP contribution in [0.2, 0.25) is 0 Å². The first-order valence-electron chi connectivity index (χ1n) is 6.89. The van der Waals surface area contributed by atoms with Crippen molar-refractivity contribution >= 4 is 27.6 Å². The van der Waals surface area contributed by atoms with Gasteiger partial charge < -0.3 is 15.3 Å². The van der Waals surface area contributed by atoms with Crippen molar-refractivity contribution in [1.82, 2.24) is 4.90 Å². The van der Waals surface area contributed by atoms with E-state index in [-0.39, 0.29) is 5.54 Å². The Morgan fingerprint density at radius 2 is 2.05 bits per heavy atom. The minimum absolute atomic E-state index is 0.137. The first-order valence-corrected chi connectivity index (χ1v) is 7.69. The third kappa shape index (κ3) is 2.99. The summed E-state index contributed by atoms with van der Waals surface area (Å²) < 4.78 is 0.611. The molecule has 5 heteroatoms. The van der Waals surface area contributed by atoms with Crippen LogP contribution >= 0.6 is 15.9 Å². The molecule has 0 unspecified atom stereocenters. The van der Waals surface area contributed by atoms with E-state index in [9.17, 15) is 9.90 Å². The highest BCUT2D eigenvalue weighted by molar-refractivity contribution is 9.10. The van der Waals surface area contributed by atoms with Crippen LogP contribution in [0.15, 0.2) is 22.7 Å². The summed E-state index contributed by atoms with van der Waals surface area (Å²) in [4.78, 5) is 13.6. The minimum atomic E-state index is -0.912. The molecule has 0 amide bonds. The van der Waals surface area contributed by atoms with E-state index in [1.165, 1.54) is 12.8 Å². The summed E-state index contributed by atoms with van der Waals surface area (Å²) >= 11 is 3.31. The lowest BCUT2D eigenvalue weighted by atomic mass is 9.95. The molecule has 1 fully saturated rings. The third-order valence-electron chi connectivity index (χ3n) is 4.32. The average Bonchev–Trinajstić information content (AvgIpc) is 2.86.